The van der Waals surface area contributed by atoms with Gasteiger partial charge in [-0.15, -0.1) is 11.3 Å². The minimum Gasteiger partial charge on any atom is -0.416 e. The van der Waals surface area contributed by atoms with Crippen LogP contribution in [0.1, 0.15) is 134 Å². The molecule has 0 saturated carbocycles. The second-order valence-electron chi connectivity index (χ2n) is 25.9. The van der Waals surface area contributed by atoms with Gasteiger partial charge in [-0.2, -0.15) is 5.26 Å². The smallest absolute Gasteiger partial charge is 0.335 e. The molecule has 3 fully saturated rings. The van der Waals surface area contributed by atoms with Gasteiger partial charge in [-0.05, 0) is 124 Å². The molecule has 5 atom stereocenters. The van der Waals surface area contributed by atoms with Crippen LogP contribution in [-0.2, 0) is 47.8 Å². The fourth-order valence-electron chi connectivity index (χ4n) is 9.44. The van der Waals surface area contributed by atoms with Crippen LogP contribution in [0.2, 0.25) is 36.3 Å². The molecule has 0 spiro atoms. The van der Waals surface area contributed by atoms with E-state index in [2.05, 4.69) is 79.1 Å². The molecule has 0 aliphatic carbocycles. The third-order valence-corrected chi connectivity index (χ3v) is 31.0. The number of amides is 3. The Hall–Kier alpha value is -3.16. The van der Waals surface area contributed by atoms with Crippen molar-refractivity contribution in [3.05, 3.63) is 70.6 Å². The molecule has 0 radical (unpaired) electrons. The van der Waals surface area contributed by atoms with Crippen molar-refractivity contribution in [1.29, 1.82) is 5.26 Å². The fraction of sp³-hybridized carbons (Fsp3) is 0.655. The van der Waals surface area contributed by atoms with E-state index in [1.807, 2.05) is 76.2 Å². The molecule has 0 unspecified atom stereocenters. The summed E-state index contributed by atoms with van der Waals surface area (Å²) in [6.45, 7) is 30.4. The van der Waals surface area contributed by atoms with E-state index in [9.17, 15) is 33.8 Å². The van der Waals surface area contributed by atoms with Crippen LogP contribution in [0, 0.1) is 28.1 Å². The summed E-state index contributed by atoms with van der Waals surface area (Å²) < 4.78 is 40.6. The second-order valence-corrected chi connectivity index (χ2v) is 40.7. The zero-order valence-electron chi connectivity index (χ0n) is 48.8. The molecule has 430 valence electrons. The third-order valence-electron chi connectivity index (χ3n) is 16.6. The minimum atomic E-state index is -3.88. The standard InChI is InChI=1S/C58H87N4O10PS3Si2/c1-55(2,3)77(11,12)71-38-57(7,8)53(66)74-30-28-69-73(68,70-29-31-75-54(67)58(9,10)39-72-78(13,14)56(4,5)6)37-40-24-27-48-42(32-40)33-49(76-48)50(63)60-46-23-19-18-22-44-25-26-47(62(44)51(46)64)52(65)61-35-43(34-59)45(36-61)41-20-16-15-17-21-41/h15-17,20-21,24,27,32-33,43-47H,18-19,22-23,25-26,28-31,35-39H2,1-14H3,(H,60,63)/t43-,44-,45+,46-,47-/m0/s1. The van der Waals surface area contributed by atoms with Gasteiger partial charge in [-0.3, -0.25) is 28.5 Å². The molecule has 1 aromatic heterocycles. The molecule has 4 heterocycles. The van der Waals surface area contributed by atoms with Crippen molar-refractivity contribution >= 4 is 97.1 Å². The minimum absolute atomic E-state index is 0.00252. The third kappa shape index (κ3) is 16.1. The van der Waals surface area contributed by atoms with Gasteiger partial charge < -0.3 is 33.0 Å². The highest BCUT2D eigenvalue weighted by Gasteiger charge is 2.48. The number of carbonyl (C=O) groups is 5. The summed E-state index contributed by atoms with van der Waals surface area (Å²) in [4.78, 5) is 73.9. The van der Waals surface area contributed by atoms with Gasteiger partial charge in [0.2, 0.25) is 11.8 Å². The molecule has 14 nitrogen and oxygen atoms in total. The summed E-state index contributed by atoms with van der Waals surface area (Å²) in [6, 6.07) is 18.0. The Morgan fingerprint density at radius 1 is 0.769 bits per heavy atom. The number of nitrogens with zero attached hydrogens (tertiary/aromatic N) is 3. The van der Waals surface area contributed by atoms with E-state index in [-0.39, 0.29) is 80.9 Å². The zero-order valence-corrected chi connectivity index (χ0v) is 54.1. The van der Waals surface area contributed by atoms with E-state index in [4.69, 9.17) is 17.9 Å². The molecule has 6 rings (SSSR count). The van der Waals surface area contributed by atoms with Crippen molar-refractivity contribution in [1.82, 2.24) is 15.1 Å². The lowest BCUT2D eigenvalue weighted by atomic mass is 9.90. The number of hydrogen-bond donors (Lipinski definition) is 1. The SMILES string of the molecule is CC(C)(CO[Si](C)(C)C(C)(C)C)C(=O)SCCOP(=O)(Cc1ccc2sc(C(=O)N[C@H]3CCCC[C@H]4CC[C@@H](C(=O)N5C[C@H](c6ccccc6)[C@@H](C#N)C5)N4C3=O)cc2c1)OCCSC(=O)C(C)(C)CO[Si](C)(C)C(C)(C)C. The second kappa shape index (κ2) is 26.0. The van der Waals surface area contributed by atoms with Gasteiger partial charge in [0.25, 0.3) is 5.91 Å². The average molecular weight is 1180 g/mol. The molecule has 3 aliphatic rings. The quantitative estimate of drug-likeness (QED) is 0.0570. The van der Waals surface area contributed by atoms with E-state index < -0.39 is 53.1 Å². The number of benzene rings is 2. The van der Waals surface area contributed by atoms with Crippen molar-refractivity contribution < 1.29 is 46.4 Å². The van der Waals surface area contributed by atoms with Gasteiger partial charge in [0.15, 0.2) is 26.9 Å². The van der Waals surface area contributed by atoms with Crippen LogP contribution in [-0.4, -0.2) is 124 Å². The number of likely N-dealkylation sites (tertiary alicyclic amines) is 1. The summed E-state index contributed by atoms with van der Waals surface area (Å²) in [5.41, 5.74) is 0.162. The van der Waals surface area contributed by atoms with Crippen molar-refractivity contribution in [3.8, 4) is 6.07 Å². The molecule has 78 heavy (non-hydrogen) atoms. The number of hydrogen-bond acceptors (Lipinski definition) is 14. The van der Waals surface area contributed by atoms with E-state index >= 15 is 0 Å². The van der Waals surface area contributed by atoms with Crippen molar-refractivity contribution in [3.63, 3.8) is 0 Å². The molecule has 3 aromatic rings. The summed E-state index contributed by atoms with van der Waals surface area (Å²) in [5.74, 6) is -0.749. The summed E-state index contributed by atoms with van der Waals surface area (Å²) in [6.07, 6.45) is 4.01. The Morgan fingerprint density at radius 3 is 1.88 bits per heavy atom. The van der Waals surface area contributed by atoms with Gasteiger partial charge in [0.05, 0.1) is 47.1 Å². The lowest BCUT2D eigenvalue weighted by Gasteiger charge is -2.38. The first-order valence-electron chi connectivity index (χ1n) is 27.7. The molecular formula is C58H87N4O10PS3Si2. The van der Waals surface area contributed by atoms with Crippen LogP contribution in [0.4, 0.5) is 0 Å². The van der Waals surface area contributed by atoms with Gasteiger partial charge in [0, 0.05) is 54.5 Å². The number of nitriles is 1. The lowest BCUT2D eigenvalue weighted by Crippen LogP contribution is -2.56. The first kappa shape index (κ1) is 64.0. The maximum atomic E-state index is 14.8. The number of nitrogens with one attached hydrogen (secondary N) is 1. The van der Waals surface area contributed by atoms with Crippen molar-refractivity contribution in [2.45, 2.75) is 174 Å². The van der Waals surface area contributed by atoms with Crippen molar-refractivity contribution in [2.75, 3.05) is 51.0 Å². The van der Waals surface area contributed by atoms with E-state index in [1.54, 1.807) is 15.9 Å². The number of rotatable bonds is 22. The van der Waals surface area contributed by atoms with Crippen LogP contribution >= 0.6 is 42.5 Å². The topological polar surface area (TPSA) is 182 Å². The number of fused-ring (bicyclic) bond motifs is 2. The monoisotopic (exact) mass is 1180 g/mol. The fourth-order valence-corrected chi connectivity index (χ4v) is 16.2. The van der Waals surface area contributed by atoms with E-state index in [1.165, 1.54) is 11.3 Å². The Bertz CT molecular complexity index is 2650. The summed E-state index contributed by atoms with van der Waals surface area (Å²) in [7, 11) is -8.06. The first-order valence-corrected chi connectivity index (χ1v) is 38.0. The van der Waals surface area contributed by atoms with E-state index in [0.717, 1.165) is 58.4 Å². The van der Waals surface area contributed by atoms with Crippen LogP contribution in [0.15, 0.2) is 54.6 Å². The highest BCUT2D eigenvalue weighted by molar-refractivity contribution is 8.14. The van der Waals surface area contributed by atoms with Gasteiger partial charge in [0.1, 0.15) is 12.1 Å². The molecule has 0 bridgehead atoms. The van der Waals surface area contributed by atoms with Crippen LogP contribution < -0.4 is 5.32 Å². The Kier molecular flexibility index (Phi) is 21.3. The highest BCUT2D eigenvalue weighted by Crippen LogP contribution is 2.52. The summed E-state index contributed by atoms with van der Waals surface area (Å²) in [5, 5.41) is 13.7. The molecule has 3 saturated heterocycles. The predicted octanol–water partition coefficient (Wildman–Crippen LogP) is 13.0. The highest BCUT2D eigenvalue weighted by atomic mass is 32.2. The first-order chi connectivity index (χ1) is 36.3. The zero-order chi connectivity index (χ0) is 57.6. The van der Waals surface area contributed by atoms with Crippen molar-refractivity contribution in [2.24, 2.45) is 16.7 Å². The van der Waals surface area contributed by atoms with Gasteiger partial charge in [-0.25, -0.2) is 0 Å². The molecular weight excluding hydrogens is 1100 g/mol. The molecule has 3 amide bonds. The Morgan fingerprint density at radius 2 is 1.33 bits per heavy atom. The van der Waals surface area contributed by atoms with E-state index in [0.29, 0.717) is 56.0 Å². The maximum Gasteiger partial charge on any atom is 0.335 e. The molecule has 3 aliphatic heterocycles. The van der Waals surface area contributed by atoms with Crippen LogP contribution in [0.3, 0.4) is 0 Å². The van der Waals surface area contributed by atoms with Gasteiger partial charge in [-0.1, -0.05) is 114 Å². The Balaban J connectivity index is 1.12. The predicted molar refractivity (Wildman–Crippen MR) is 322 cm³/mol. The number of carbonyl (C=O) groups excluding carboxylic acids is 5. The molecule has 20 heteroatoms. The Labute approximate surface area is 479 Å². The normalized spacial score (nSPS) is 21.0. The molecule has 2 aromatic carbocycles. The number of thiophene rings is 1. The summed E-state index contributed by atoms with van der Waals surface area (Å²) >= 11 is 3.52. The largest absolute Gasteiger partial charge is 0.416 e. The number of thioether (sulfide) groups is 2. The maximum absolute atomic E-state index is 14.8. The van der Waals surface area contributed by atoms with Gasteiger partial charge >= 0.3 is 7.60 Å². The molecule has 1 N–H and O–H groups in total. The average Bonchev–Trinajstić information content (AvgIpc) is 4.14. The van der Waals surface area contributed by atoms with Crippen LogP contribution in [0.25, 0.3) is 10.1 Å². The lowest BCUT2D eigenvalue weighted by molar-refractivity contribution is -0.146. The van der Waals surface area contributed by atoms with Crippen LogP contribution in [0.5, 0.6) is 0 Å².